The number of carbonyl (C=O) groups is 1. The molecule has 1 aromatic carbocycles. The van der Waals surface area contributed by atoms with Crippen molar-refractivity contribution >= 4 is 11.6 Å². The Labute approximate surface area is 94.0 Å². The molecule has 16 heavy (non-hydrogen) atoms. The first-order chi connectivity index (χ1) is 7.72. The fourth-order valence-electron chi connectivity index (χ4n) is 1.73. The van der Waals surface area contributed by atoms with E-state index in [2.05, 4.69) is 6.07 Å². The summed E-state index contributed by atoms with van der Waals surface area (Å²) in [5.41, 5.74) is 2.37. The van der Waals surface area contributed by atoms with Gasteiger partial charge in [-0.1, -0.05) is 0 Å². The van der Waals surface area contributed by atoms with Crippen LogP contribution in [0.4, 0.5) is 5.69 Å². The molecule has 2 rings (SSSR count). The van der Waals surface area contributed by atoms with E-state index in [0.717, 1.165) is 11.3 Å². The lowest BCUT2D eigenvalue weighted by atomic mass is 10.1. The highest BCUT2D eigenvalue weighted by atomic mass is 16.5. The van der Waals surface area contributed by atoms with Crippen molar-refractivity contribution in [3.8, 4) is 6.07 Å². The van der Waals surface area contributed by atoms with Crippen LogP contribution in [0, 0.1) is 18.3 Å². The lowest BCUT2D eigenvalue weighted by molar-refractivity contribution is -0.125. The Morgan fingerprint density at radius 1 is 1.50 bits per heavy atom. The fraction of sp³-hybridized carbons (Fsp3) is 0.333. The summed E-state index contributed by atoms with van der Waals surface area (Å²) < 4.78 is 5.07. The molecule has 0 unspecified atom stereocenters. The number of anilines is 1. The van der Waals surface area contributed by atoms with Crippen LogP contribution < -0.4 is 4.90 Å². The molecule has 0 atom stereocenters. The molecule has 4 nitrogen and oxygen atoms in total. The van der Waals surface area contributed by atoms with Crippen molar-refractivity contribution in [1.82, 2.24) is 0 Å². The number of amides is 1. The molecular weight excluding hydrogens is 204 g/mol. The van der Waals surface area contributed by atoms with Crippen molar-refractivity contribution in [2.45, 2.75) is 6.92 Å². The number of aryl methyl sites for hydroxylation is 1. The average Bonchev–Trinajstić information content (AvgIpc) is 2.29. The van der Waals surface area contributed by atoms with E-state index in [1.807, 2.05) is 13.0 Å². The third-order valence-corrected chi connectivity index (χ3v) is 2.63. The monoisotopic (exact) mass is 216 g/mol. The van der Waals surface area contributed by atoms with E-state index < -0.39 is 0 Å². The van der Waals surface area contributed by atoms with Crippen molar-refractivity contribution in [3.05, 3.63) is 29.3 Å². The molecule has 1 fully saturated rings. The minimum atomic E-state index is -0.0321. The van der Waals surface area contributed by atoms with Crippen LogP contribution in [0.2, 0.25) is 0 Å². The average molecular weight is 216 g/mol. The van der Waals surface area contributed by atoms with Gasteiger partial charge in [0.2, 0.25) is 0 Å². The van der Waals surface area contributed by atoms with E-state index in [1.165, 1.54) is 0 Å². The summed E-state index contributed by atoms with van der Waals surface area (Å²) in [5.74, 6) is -0.0321. The van der Waals surface area contributed by atoms with Gasteiger partial charge >= 0.3 is 0 Å². The molecule has 0 N–H and O–H groups in total. The summed E-state index contributed by atoms with van der Waals surface area (Å²) in [7, 11) is 0. The predicted molar refractivity (Wildman–Crippen MR) is 59.1 cm³/mol. The smallest absolute Gasteiger partial charge is 0.253 e. The van der Waals surface area contributed by atoms with E-state index in [0.29, 0.717) is 18.7 Å². The van der Waals surface area contributed by atoms with E-state index in [-0.39, 0.29) is 12.5 Å². The summed E-state index contributed by atoms with van der Waals surface area (Å²) >= 11 is 0. The minimum absolute atomic E-state index is 0.0321. The molecule has 1 saturated heterocycles. The molecular formula is C12H12N2O2. The van der Waals surface area contributed by atoms with Gasteiger partial charge in [-0.25, -0.2) is 0 Å². The van der Waals surface area contributed by atoms with Gasteiger partial charge in [-0.05, 0) is 30.7 Å². The van der Waals surface area contributed by atoms with Crippen molar-refractivity contribution < 1.29 is 9.53 Å². The van der Waals surface area contributed by atoms with Crippen molar-refractivity contribution in [3.63, 3.8) is 0 Å². The van der Waals surface area contributed by atoms with Crippen molar-refractivity contribution in [2.75, 3.05) is 24.7 Å². The topological polar surface area (TPSA) is 53.3 Å². The molecule has 0 bridgehead atoms. The Bertz CT molecular complexity index is 463. The zero-order chi connectivity index (χ0) is 11.5. The Hall–Kier alpha value is -1.86. The predicted octanol–water partition coefficient (Wildman–Crippen LogP) is 1.23. The second kappa shape index (κ2) is 4.33. The highest BCUT2D eigenvalue weighted by Gasteiger charge is 2.20. The molecule has 0 radical (unpaired) electrons. The second-order valence-corrected chi connectivity index (χ2v) is 3.71. The Morgan fingerprint density at radius 2 is 2.31 bits per heavy atom. The second-order valence-electron chi connectivity index (χ2n) is 3.71. The number of ether oxygens (including phenoxy) is 1. The van der Waals surface area contributed by atoms with Gasteiger partial charge in [-0.15, -0.1) is 0 Å². The van der Waals surface area contributed by atoms with Crippen molar-refractivity contribution in [2.24, 2.45) is 0 Å². The minimum Gasteiger partial charge on any atom is -0.370 e. The van der Waals surface area contributed by atoms with Crippen LogP contribution in [0.15, 0.2) is 18.2 Å². The molecule has 1 aliphatic heterocycles. The van der Waals surface area contributed by atoms with Gasteiger partial charge in [0.25, 0.3) is 5.91 Å². The maximum absolute atomic E-state index is 11.6. The maximum Gasteiger partial charge on any atom is 0.253 e. The number of rotatable bonds is 1. The SMILES string of the molecule is Cc1cc(N2CCOCC2=O)ccc1C#N. The first kappa shape index (κ1) is 10.7. The highest BCUT2D eigenvalue weighted by Crippen LogP contribution is 2.20. The van der Waals surface area contributed by atoms with Gasteiger partial charge in [-0.2, -0.15) is 5.26 Å². The first-order valence-corrected chi connectivity index (χ1v) is 5.11. The van der Waals surface area contributed by atoms with Crippen LogP contribution in [0.1, 0.15) is 11.1 Å². The van der Waals surface area contributed by atoms with Crippen LogP contribution in [0.25, 0.3) is 0 Å². The van der Waals surface area contributed by atoms with Crippen molar-refractivity contribution in [1.29, 1.82) is 5.26 Å². The van der Waals surface area contributed by atoms with Crippen LogP contribution >= 0.6 is 0 Å². The summed E-state index contributed by atoms with van der Waals surface area (Å²) in [5, 5.41) is 8.82. The lowest BCUT2D eigenvalue weighted by Gasteiger charge is -2.27. The number of carbonyl (C=O) groups excluding carboxylic acids is 1. The molecule has 1 aromatic rings. The van der Waals surface area contributed by atoms with Gasteiger partial charge in [0.1, 0.15) is 6.61 Å². The van der Waals surface area contributed by atoms with Gasteiger partial charge in [-0.3, -0.25) is 4.79 Å². The van der Waals surface area contributed by atoms with Crippen LogP contribution in [-0.2, 0) is 9.53 Å². The quantitative estimate of drug-likeness (QED) is 0.709. The number of nitriles is 1. The summed E-state index contributed by atoms with van der Waals surface area (Å²) in [6, 6.07) is 7.52. The summed E-state index contributed by atoms with van der Waals surface area (Å²) in [6.07, 6.45) is 0. The van der Waals surface area contributed by atoms with Gasteiger partial charge in [0.05, 0.1) is 18.2 Å². The Kier molecular flexibility index (Phi) is 2.88. The zero-order valence-electron chi connectivity index (χ0n) is 9.06. The fourth-order valence-corrected chi connectivity index (χ4v) is 1.73. The molecule has 1 heterocycles. The van der Waals surface area contributed by atoms with Gasteiger partial charge in [0.15, 0.2) is 0 Å². The van der Waals surface area contributed by atoms with Crippen LogP contribution in [-0.4, -0.2) is 25.7 Å². The molecule has 0 spiro atoms. The number of hydrogen-bond acceptors (Lipinski definition) is 3. The molecule has 0 aromatic heterocycles. The lowest BCUT2D eigenvalue weighted by Crippen LogP contribution is -2.41. The number of morpholine rings is 1. The Balaban J connectivity index is 2.30. The van der Waals surface area contributed by atoms with E-state index in [4.69, 9.17) is 10.00 Å². The van der Waals surface area contributed by atoms with Crippen LogP contribution in [0.3, 0.4) is 0 Å². The highest BCUT2D eigenvalue weighted by molar-refractivity contribution is 5.95. The standard InChI is InChI=1S/C12H12N2O2/c1-9-6-11(3-2-10(9)7-13)14-4-5-16-8-12(14)15/h2-3,6H,4-5,8H2,1H3. The van der Waals surface area contributed by atoms with E-state index in [9.17, 15) is 4.79 Å². The third-order valence-electron chi connectivity index (χ3n) is 2.63. The van der Waals surface area contributed by atoms with Crippen LogP contribution in [0.5, 0.6) is 0 Å². The van der Waals surface area contributed by atoms with E-state index >= 15 is 0 Å². The molecule has 0 aliphatic carbocycles. The number of hydrogen-bond donors (Lipinski definition) is 0. The number of benzene rings is 1. The third kappa shape index (κ3) is 1.90. The number of nitrogens with zero attached hydrogens (tertiary/aromatic N) is 2. The van der Waals surface area contributed by atoms with Gasteiger partial charge < -0.3 is 9.64 Å². The van der Waals surface area contributed by atoms with Gasteiger partial charge in [0, 0.05) is 12.2 Å². The van der Waals surface area contributed by atoms with E-state index in [1.54, 1.807) is 17.0 Å². The zero-order valence-corrected chi connectivity index (χ0v) is 9.06. The molecule has 1 aliphatic rings. The Morgan fingerprint density at radius 3 is 2.94 bits per heavy atom. The molecule has 1 amide bonds. The molecule has 0 saturated carbocycles. The summed E-state index contributed by atoms with van der Waals surface area (Å²) in [4.78, 5) is 13.3. The largest absolute Gasteiger partial charge is 0.370 e. The summed E-state index contributed by atoms with van der Waals surface area (Å²) in [6.45, 7) is 3.14. The normalized spacial score (nSPS) is 16.0. The molecule has 82 valence electrons. The molecule has 4 heteroatoms. The first-order valence-electron chi connectivity index (χ1n) is 5.11. The maximum atomic E-state index is 11.6.